The summed E-state index contributed by atoms with van der Waals surface area (Å²) in [6.45, 7) is 5.26. The van der Waals surface area contributed by atoms with Gasteiger partial charge in [0.05, 0.1) is 25.6 Å². The molecule has 0 aliphatic heterocycles. The Kier molecular flexibility index (Phi) is 9.17. The van der Waals surface area contributed by atoms with Gasteiger partial charge in [-0.2, -0.15) is 5.10 Å². The highest BCUT2D eigenvalue weighted by Gasteiger charge is 2.10. The van der Waals surface area contributed by atoms with Crippen molar-refractivity contribution in [1.29, 1.82) is 0 Å². The number of para-hydroxylation sites is 1. The number of guanidine groups is 1. The summed E-state index contributed by atoms with van der Waals surface area (Å²) < 4.78 is 12.7. The van der Waals surface area contributed by atoms with E-state index in [-0.39, 0.29) is 24.0 Å². The molecular formula is C23H30IN5O2. The van der Waals surface area contributed by atoms with Crippen LogP contribution in [0.5, 0.6) is 11.5 Å². The SMILES string of the molecule is CN=C(NCc1ccc(OC)cc1OC)NCc1ccccc1-n1nc(C)cc1C.I. The van der Waals surface area contributed by atoms with Crippen LogP contribution in [0.15, 0.2) is 53.5 Å². The summed E-state index contributed by atoms with van der Waals surface area (Å²) in [6, 6.07) is 16.1. The molecule has 0 unspecified atom stereocenters. The number of aryl methyl sites for hydroxylation is 2. The van der Waals surface area contributed by atoms with Crippen LogP contribution in [0.3, 0.4) is 0 Å². The van der Waals surface area contributed by atoms with Gasteiger partial charge in [0.1, 0.15) is 11.5 Å². The molecule has 0 spiro atoms. The Hall–Kier alpha value is -2.75. The molecule has 3 rings (SSSR count). The summed E-state index contributed by atoms with van der Waals surface area (Å²) in [6.07, 6.45) is 0. The number of benzene rings is 2. The van der Waals surface area contributed by atoms with Crippen molar-refractivity contribution in [3.8, 4) is 17.2 Å². The molecule has 7 nitrogen and oxygen atoms in total. The summed E-state index contributed by atoms with van der Waals surface area (Å²) >= 11 is 0. The number of nitrogens with one attached hydrogen (secondary N) is 2. The molecule has 1 heterocycles. The van der Waals surface area contributed by atoms with Crippen LogP contribution in [0.4, 0.5) is 0 Å². The molecule has 3 aromatic rings. The third kappa shape index (κ3) is 6.13. The van der Waals surface area contributed by atoms with Crippen LogP contribution in [-0.2, 0) is 13.1 Å². The van der Waals surface area contributed by atoms with Gasteiger partial charge in [-0.1, -0.05) is 18.2 Å². The van der Waals surface area contributed by atoms with E-state index in [2.05, 4.69) is 45.8 Å². The fourth-order valence-electron chi connectivity index (χ4n) is 3.32. The van der Waals surface area contributed by atoms with E-state index in [4.69, 9.17) is 9.47 Å². The summed E-state index contributed by atoms with van der Waals surface area (Å²) in [5, 5.41) is 11.3. The van der Waals surface area contributed by atoms with Crippen molar-refractivity contribution in [2.24, 2.45) is 4.99 Å². The van der Waals surface area contributed by atoms with Crippen molar-refractivity contribution in [3.63, 3.8) is 0 Å². The zero-order chi connectivity index (χ0) is 21.5. The highest BCUT2D eigenvalue weighted by atomic mass is 127. The molecule has 1 aromatic heterocycles. The topological polar surface area (TPSA) is 72.7 Å². The lowest BCUT2D eigenvalue weighted by atomic mass is 10.1. The molecule has 166 valence electrons. The van der Waals surface area contributed by atoms with Crippen molar-refractivity contribution in [1.82, 2.24) is 20.4 Å². The second kappa shape index (κ2) is 11.6. The zero-order valence-electron chi connectivity index (χ0n) is 18.6. The molecule has 2 N–H and O–H groups in total. The van der Waals surface area contributed by atoms with E-state index in [1.807, 2.05) is 41.9 Å². The number of halogens is 1. The quantitative estimate of drug-likeness (QED) is 0.272. The van der Waals surface area contributed by atoms with Gasteiger partial charge in [-0.25, -0.2) is 4.68 Å². The molecule has 0 atom stereocenters. The first-order chi connectivity index (χ1) is 14.5. The van der Waals surface area contributed by atoms with E-state index in [0.717, 1.165) is 39.7 Å². The fourth-order valence-corrected chi connectivity index (χ4v) is 3.32. The Bertz CT molecular complexity index is 1030. The number of aliphatic imine (C=N–C) groups is 1. The van der Waals surface area contributed by atoms with Crippen LogP contribution in [0.25, 0.3) is 5.69 Å². The monoisotopic (exact) mass is 535 g/mol. The first kappa shape index (κ1) is 24.5. The van der Waals surface area contributed by atoms with E-state index < -0.39 is 0 Å². The van der Waals surface area contributed by atoms with Crippen LogP contribution in [0, 0.1) is 13.8 Å². The molecule has 0 bridgehead atoms. The van der Waals surface area contributed by atoms with Crippen molar-refractivity contribution in [2.75, 3.05) is 21.3 Å². The number of hydrogen-bond acceptors (Lipinski definition) is 4. The van der Waals surface area contributed by atoms with Crippen LogP contribution in [0.1, 0.15) is 22.5 Å². The number of nitrogens with zero attached hydrogens (tertiary/aromatic N) is 3. The van der Waals surface area contributed by atoms with Gasteiger partial charge in [0.15, 0.2) is 5.96 Å². The molecule has 0 saturated heterocycles. The minimum Gasteiger partial charge on any atom is -0.497 e. The largest absolute Gasteiger partial charge is 0.497 e. The summed E-state index contributed by atoms with van der Waals surface area (Å²) in [5.74, 6) is 2.24. The van der Waals surface area contributed by atoms with Gasteiger partial charge in [-0.3, -0.25) is 4.99 Å². The molecule has 0 fully saturated rings. The first-order valence-electron chi connectivity index (χ1n) is 9.82. The second-order valence-corrected chi connectivity index (χ2v) is 6.92. The van der Waals surface area contributed by atoms with Crippen molar-refractivity contribution in [3.05, 3.63) is 71.0 Å². The standard InChI is InChI=1S/C23H29N5O2.HI/c1-16-12-17(2)28(27-16)21-9-7-6-8-18(21)14-25-23(24-3)26-15-19-10-11-20(29-4)13-22(19)30-5;/h6-13H,14-15H2,1-5H3,(H2,24,25,26);1H. The zero-order valence-corrected chi connectivity index (χ0v) is 20.9. The van der Waals surface area contributed by atoms with Crippen molar-refractivity contribution < 1.29 is 9.47 Å². The van der Waals surface area contributed by atoms with Crippen molar-refractivity contribution >= 4 is 29.9 Å². The van der Waals surface area contributed by atoms with E-state index in [1.165, 1.54) is 0 Å². The van der Waals surface area contributed by atoms with Crippen LogP contribution in [-0.4, -0.2) is 37.0 Å². The molecule has 0 radical (unpaired) electrons. The maximum Gasteiger partial charge on any atom is 0.191 e. The van der Waals surface area contributed by atoms with E-state index in [0.29, 0.717) is 19.0 Å². The normalized spacial score (nSPS) is 10.9. The molecule has 8 heteroatoms. The highest BCUT2D eigenvalue weighted by Crippen LogP contribution is 2.24. The Morgan fingerprint density at radius 1 is 0.968 bits per heavy atom. The maximum atomic E-state index is 5.47. The minimum atomic E-state index is 0. The second-order valence-electron chi connectivity index (χ2n) is 6.92. The highest BCUT2D eigenvalue weighted by molar-refractivity contribution is 14.0. The molecule has 0 saturated carbocycles. The van der Waals surface area contributed by atoms with E-state index in [9.17, 15) is 0 Å². The lowest BCUT2D eigenvalue weighted by molar-refractivity contribution is 0.390. The molecule has 31 heavy (non-hydrogen) atoms. The van der Waals surface area contributed by atoms with Gasteiger partial charge in [-0.05, 0) is 43.7 Å². The third-order valence-corrected chi connectivity index (χ3v) is 4.84. The van der Waals surface area contributed by atoms with Gasteiger partial charge in [-0.15, -0.1) is 24.0 Å². The number of rotatable bonds is 7. The maximum absolute atomic E-state index is 5.47. The Balaban J connectivity index is 0.00000341. The minimum absolute atomic E-state index is 0. The third-order valence-electron chi connectivity index (χ3n) is 4.84. The van der Waals surface area contributed by atoms with Crippen molar-refractivity contribution in [2.45, 2.75) is 26.9 Å². The van der Waals surface area contributed by atoms with E-state index in [1.54, 1.807) is 21.3 Å². The summed E-state index contributed by atoms with van der Waals surface area (Å²) in [7, 11) is 5.05. The van der Waals surface area contributed by atoms with E-state index >= 15 is 0 Å². The smallest absolute Gasteiger partial charge is 0.191 e. The predicted molar refractivity (Wildman–Crippen MR) is 135 cm³/mol. The van der Waals surface area contributed by atoms with Crippen LogP contribution in [0.2, 0.25) is 0 Å². The average Bonchev–Trinajstić information content (AvgIpc) is 3.11. The summed E-state index contributed by atoms with van der Waals surface area (Å²) in [4.78, 5) is 4.34. The average molecular weight is 535 g/mol. The predicted octanol–water partition coefficient (Wildman–Crippen LogP) is 3.99. The van der Waals surface area contributed by atoms with Gasteiger partial charge >= 0.3 is 0 Å². The number of aromatic nitrogens is 2. The number of ether oxygens (including phenoxy) is 2. The Morgan fingerprint density at radius 2 is 1.68 bits per heavy atom. The molecule has 2 aromatic carbocycles. The Labute approximate surface area is 200 Å². The Morgan fingerprint density at radius 3 is 2.29 bits per heavy atom. The summed E-state index contributed by atoms with van der Waals surface area (Å²) in [5.41, 5.74) is 5.32. The molecule has 0 amide bonds. The number of methoxy groups -OCH3 is 2. The van der Waals surface area contributed by atoms with Crippen LogP contribution >= 0.6 is 24.0 Å². The lowest BCUT2D eigenvalue weighted by Gasteiger charge is -2.16. The van der Waals surface area contributed by atoms with Gasteiger partial charge < -0.3 is 20.1 Å². The van der Waals surface area contributed by atoms with Gasteiger partial charge in [0, 0.05) is 37.5 Å². The molecular weight excluding hydrogens is 505 g/mol. The van der Waals surface area contributed by atoms with Gasteiger partial charge in [0.25, 0.3) is 0 Å². The number of hydrogen-bond donors (Lipinski definition) is 2. The van der Waals surface area contributed by atoms with Gasteiger partial charge in [0.2, 0.25) is 0 Å². The molecule has 0 aliphatic carbocycles. The lowest BCUT2D eigenvalue weighted by Crippen LogP contribution is -2.36. The fraction of sp³-hybridized carbons (Fsp3) is 0.304. The first-order valence-corrected chi connectivity index (χ1v) is 9.82. The molecule has 0 aliphatic rings. The van der Waals surface area contributed by atoms with Crippen LogP contribution < -0.4 is 20.1 Å².